The van der Waals surface area contributed by atoms with Crippen LogP contribution < -0.4 is 0 Å². The van der Waals surface area contributed by atoms with Crippen molar-refractivity contribution < 1.29 is 23.8 Å². The number of carbonyl (C=O) groups is 2. The summed E-state index contributed by atoms with van der Waals surface area (Å²) >= 11 is 0. The Balaban J connectivity index is 4.36. The molecule has 1 unspecified atom stereocenters. The minimum Gasteiger partial charge on any atom is -0.462 e. The van der Waals surface area contributed by atoms with Gasteiger partial charge in [-0.2, -0.15) is 0 Å². The van der Waals surface area contributed by atoms with E-state index in [0.717, 1.165) is 96.3 Å². The highest BCUT2D eigenvalue weighted by Crippen LogP contribution is 2.16. The first-order valence-electron chi connectivity index (χ1n) is 30.8. The lowest BCUT2D eigenvalue weighted by Gasteiger charge is -2.18. The number of esters is 2. The molecule has 0 aromatic rings. The maximum atomic E-state index is 12.9. The van der Waals surface area contributed by atoms with E-state index in [1.54, 1.807) is 0 Å². The predicted molar refractivity (Wildman–Crippen MR) is 316 cm³/mol. The molecule has 0 aliphatic heterocycles. The Kier molecular flexibility index (Phi) is 59.4. The zero-order valence-electron chi connectivity index (χ0n) is 47.7. The average molecular weight is 1000 g/mol. The van der Waals surface area contributed by atoms with Crippen LogP contribution in [0.2, 0.25) is 0 Å². The van der Waals surface area contributed by atoms with Crippen molar-refractivity contribution in [3.63, 3.8) is 0 Å². The van der Waals surface area contributed by atoms with E-state index >= 15 is 0 Å². The van der Waals surface area contributed by atoms with Crippen LogP contribution in [-0.4, -0.2) is 37.9 Å². The van der Waals surface area contributed by atoms with Crippen LogP contribution in [-0.2, 0) is 23.8 Å². The molecule has 0 aromatic heterocycles. The van der Waals surface area contributed by atoms with Crippen molar-refractivity contribution in [3.8, 4) is 0 Å². The first kappa shape index (κ1) is 68.8. The van der Waals surface area contributed by atoms with Crippen molar-refractivity contribution in [3.05, 3.63) is 97.2 Å². The molecule has 0 aliphatic carbocycles. The molecule has 5 heteroatoms. The first-order chi connectivity index (χ1) is 35.6. The van der Waals surface area contributed by atoms with Crippen LogP contribution >= 0.6 is 0 Å². The highest BCUT2D eigenvalue weighted by atomic mass is 16.6. The lowest BCUT2D eigenvalue weighted by molar-refractivity contribution is -0.163. The Morgan fingerprint density at radius 2 is 0.625 bits per heavy atom. The van der Waals surface area contributed by atoms with Crippen LogP contribution in [0.1, 0.15) is 290 Å². The fourth-order valence-electron chi connectivity index (χ4n) is 8.55. The van der Waals surface area contributed by atoms with E-state index in [4.69, 9.17) is 14.2 Å². The van der Waals surface area contributed by atoms with Crippen molar-refractivity contribution in [2.24, 2.45) is 0 Å². The predicted octanol–water partition coefficient (Wildman–Crippen LogP) is 21.4. The molecule has 0 spiro atoms. The van der Waals surface area contributed by atoms with Crippen molar-refractivity contribution >= 4 is 11.9 Å². The summed E-state index contributed by atoms with van der Waals surface area (Å²) in [6, 6.07) is 0. The van der Waals surface area contributed by atoms with E-state index in [1.807, 2.05) is 0 Å². The van der Waals surface area contributed by atoms with E-state index in [2.05, 4.69) is 118 Å². The highest BCUT2D eigenvalue weighted by molar-refractivity contribution is 5.70. The lowest BCUT2D eigenvalue weighted by Crippen LogP contribution is -2.30. The standard InChI is InChI=1S/C67H116O5/c1-4-7-10-13-16-19-22-25-28-31-33-35-38-41-44-47-50-53-56-59-62-70-63-65(72-67(69)61-58-55-52-49-46-43-40-36-30-27-24-21-18-15-12-9-6-3)64-71-66(68)60-57-54-51-48-45-42-39-37-34-32-29-26-23-20-17-14-11-8-5-2/h8,11,16-17,19-20,25-26,28-29,33-35,37,42,45,65H,4-7,9-10,12-15,18,21-24,27,30-32,36,38-41,43-44,46-64H2,1-3H3/b11-8-,19-16-,20-17-,28-25-,29-26-,35-33-,37-34-,45-42-. The molecule has 0 saturated carbocycles. The number of hydrogen-bond acceptors (Lipinski definition) is 5. The molecule has 0 aromatic carbocycles. The molecule has 0 aliphatic rings. The van der Waals surface area contributed by atoms with Gasteiger partial charge in [0, 0.05) is 19.4 Å². The fourth-order valence-corrected chi connectivity index (χ4v) is 8.55. The van der Waals surface area contributed by atoms with E-state index in [9.17, 15) is 9.59 Å². The van der Waals surface area contributed by atoms with Gasteiger partial charge in [-0.15, -0.1) is 0 Å². The zero-order chi connectivity index (χ0) is 52.0. The van der Waals surface area contributed by atoms with Gasteiger partial charge in [-0.3, -0.25) is 9.59 Å². The molecule has 72 heavy (non-hydrogen) atoms. The van der Waals surface area contributed by atoms with Gasteiger partial charge in [0.2, 0.25) is 0 Å². The normalized spacial score (nSPS) is 12.9. The van der Waals surface area contributed by atoms with Crippen LogP contribution in [0, 0.1) is 0 Å². The van der Waals surface area contributed by atoms with E-state index in [0.29, 0.717) is 19.4 Å². The second-order valence-corrected chi connectivity index (χ2v) is 20.2. The second-order valence-electron chi connectivity index (χ2n) is 20.2. The summed E-state index contributed by atoms with van der Waals surface area (Å²) in [6.07, 6.45) is 84.3. The topological polar surface area (TPSA) is 61.8 Å². The third kappa shape index (κ3) is 59.4. The first-order valence-corrected chi connectivity index (χ1v) is 30.8. The van der Waals surface area contributed by atoms with Gasteiger partial charge >= 0.3 is 11.9 Å². The molecule has 0 rings (SSSR count). The van der Waals surface area contributed by atoms with Gasteiger partial charge in [-0.1, -0.05) is 272 Å². The summed E-state index contributed by atoms with van der Waals surface area (Å²) < 4.78 is 17.5. The van der Waals surface area contributed by atoms with Gasteiger partial charge in [0.15, 0.2) is 6.10 Å². The molecule has 5 nitrogen and oxygen atoms in total. The summed E-state index contributed by atoms with van der Waals surface area (Å²) in [5.74, 6) is -0.432. The van der Waals surface area contributed by atoms with Crippen LogP contribution in [0.25, 0.3) is 0 Å². The smallest absolute Gasteiger partial charge is 0.306 e. The SMILES string of the molecule is CC/C=C\C/C=C\C/C=C\C/C=C\C/C=C\CCCCCC(=O)OCC(COCCCCCCCCC/C=C\C/C=C\C/C=C\CCCCC)OC(=O)CCCCCCCCCCCCCCCCCCC. The van der Waals surface area contributed by atoms with Crippen molar-refractivity contribution in [2.45, 2.75) is 297 Å². The van der Waals surface area contributed by atoms with Crippen molar-refractivity contribution in [2.75, 3.05) is 19.8 Å². The van der Waals surface area contributed by atoms with Crippen LogP contribution in [0.5, 0.6) is 0 Å². The maximum Gasteiger partial charge on any atom is 0.306 e. The number of hydrogen-bond donors (Lipinski definition) is 0. The summed E-state index contributed by atoms with van der Waals surface area (Å²) in [6.45, 7) is 7.66. The Morgan fingerprint density at radius 3 is 1.04 bits per heavy atom. The molecule has 414 valence electrons. The van der Waals surface area contributed by atoms with Gasteiger partial charge < -0.3 is 14.2 Å². The number of rotatable bonds is 56. The van der Waals surface area contributed by atoms with Crippen molar-refractivity contribution in [1.29, 1.82) is 0 Å². The molecule has 0 N–H and O–H groups in total. The van der Waals surface area contributed by atoms with Gasteiger partial charge in [0.05, 0.1) is 6.61 Å². The molecule has 0 saturated heterocycles. The van der Waals surface area contributed by atoms with Crippen LogP contribution in [0.4, 0.5) is 0 Å². The van der Waals surface area contributed by atoms with Gasteiger partial charge in [-0.05, 0) is 103 Å². The zero-order valence-corrected chi connectivity index (χ0v) is 47.7. The number of allylic oxidation sites excluding steroid dienone is 16. The summed E-state index contributed by atoms with van der Waals surface area (Å²) in [5.41, 5.74) is 0. The van der Waals surface area contributed by atoms with Gasteiger partial charge in [-0.25, -0.2) is 0 Å². The fraction of sp³-hybridized carbons (Fsp3) is 0.731. The third-order valence-electron chi connectivity index (χ3n) is 13.1. The van der Waals surface area contributed by atoms with Gasteiger partial charge in [0.25, 0.3) is 0 Å². The monoisotopic (exact) mass is 1000 g/mol. The maximum absolute atomic E-state index is 12.9. The van der Waals surface area contributed by atoms with E-state index in [-0.39, 0.29) is 25.2 Å². The van der Waals surface area contributed by atoms with E-state index in [1.165, 1.54) is 161 Å². The number of unbranched alkanes of at least 4 members (excludes halogenated alkanes) is 29. The Labute approximate surface area is 447 Å². The van der Waals surface area contributed by atoms with Crippen LogP contribution in [0.15, 0.2) is 97.2 Å². The number of carbonyl (C=O) groups excluding carboxylic acids is 2. The molecular weight excluding hydrogens is 885 g/mol. The molecule has 0 amide bonds. The Morgan fingerprint density at radius 1 is 0.319 bits per heavy atom. The minimum atomic E-state index is -0.560. The largest absolute Gasteiger partial charge is 0.462 e. The number of ether oxygens (including phenoxy) is 3. The molecule has 0 heterocycles. The average Bonchev–Trinajstić information content (AvgIpc) is 3.38. The van der Waals surface area contributed by atoms with Crippen LogP contribution in [0.3, 0.4) is 0 Å². The molecular formula is C67H116O5. The third-order valence-corrected chi connectivity index (χ3v) is 13.1. The summed E-state index contributed by atoms with van der Waals surface area (Å²) in [7, 11) is 0. The molecule has 0 bridgehead atoms. The van der Waals surface area contributed by atoms with Crippen molar-refractivity contribution in [1.82, 2.24) is 0 Å². The summed E-state index contributed by atoms with van der Waals surface area (Å²) in [5, 5.41) is 0. The second kappa shape index (κ2) is 62.1. The summed E-state index contributed by atoms with van der Waals surface area (Å²) in [4.78, 5) is 25.6. The van der Waals surface area contributed by atoms with Gasteiger partial charge in [0.1, 0.15) is 6.61 Å². The molecule has 0 fully saturated rings. The highest BCUT2D eigenvalue weighted by Gasteiger charge is 2.17. The quantitative estimate of drug-likeness (QED) is 0.0345. The Bertz CT molecular complexity index is 1360. The molecule has 0 radical (unpaired) electrons. The lowest BCUT2D eigenvalue weighted by atomic mass is 10.0. The minimum absolute atomic E-state index is 0.0619. The Hall–Kier alpha value is -3.18. The molecule has 1 atom stereocenters. The van der Waals surface area contributed by atoms with E-state index < -0.39 is 6.10 Å².